The summed E-state index contributed by atoms with van der Waals surface area (Å²) in [7, 11) is 0. The molecule has 2 unspecified atom stereocenters. The minimum absolute atomic E-state index is 0.0658. The fourth-order valence-corrected chi connectivity index (χ4v) is 4.17. The Morgan fingerprint density at radius 3 is 2.06 bits per heavy atom. The number of aryl methyl sites for hydroxylation is 1. The molecule has 0 saturated heterocycles. The second kappa shape index (κ2) is 14.8. The number of carbonyl (C=O) groups is 4. The fraction of sp³-hybridized carbons (Fsp3) is 0.667. The topological polar surface area (TPSA) is 171 Å². The lowest BCUT2D eigenvalue weighted by Crippen LogP contribution is -2.55. The van der Waals surface area contributed by atoms with Crippen LogP contribution in [0, 0.1) is 11.8 Å². The molecule has 0 bridgehead atoms. The van der Waals surface area contributed by atoms with Crippen LogP contribution in [-0.2, 0) is 25.6 Å². The largest absolute Gasteiger partial charge is 0.480 e. The van der Waals surface area contributed by atoms with E-state index in [4.69, 9.17) is 5.73 Å². The third-order valence-electron chi connectivity index (χ3n) is 5.65. The van der Waals surface area contributed by atoms with E-state index in [0.29, 0.717) is 12.8 Å². The number of amides is 3. The molecule has 10 nitrogen and oxygen atoms in total. The maximum absolute atomic E-state index is 12.7. The summed E-state index contributed by atoms with van der Waals surface area (Å²) in [6.07, 6.45) is 0.127. The lowest BCUT2D eigenvalue weighted by Gasteiger charge is -2.27. The van der Waals surface area contributed by atoms with E-state index in [-0.39, 0.29) is 30.6 Å². The standard InChI is InChI=1S/C24H40N4O6S/c1-13(2)20(23(32)28-21(14(3)4)24(33)34)27-19(30)11-10-18(29)17(26-22(31)15(5)25)9-8-16-7-6-12-35-16/h6-7,12-15,17-18,20-21,29H,8-11,25H2,1-5H3,(H,26,31)(H,27,30)(H,28,32)(H,33,34)/t15-,17?,18?,20-,21-/m0/s1. The maximum Gasteiger partial charge on any atom is 0.326 e. The van der Waals surface area contributed by atoms with Gasteiger partial charge in [-0.15, -0.1) is 11.3 Å². The summed E-state index contributed by atoms with van der Waals surface area (Å²) < 4.78 is 0. The highest BCUT2D eigenvalue weighted by Crippen LogP contribution is 2.16. The molecule has 0 spiro atoms. The number of aliphatic carboxylic acids is 1. The molecule has 35 heavy (non-hydrogen) atoms. The summed E-state index contributed by atoms with van der Waals surface area (Å²) in [5, 5.41) is 29.9. The number of aliphatic hydroxyl groups excluding tert-OH is 1. The molecule has 7 N–H and O–H groups in total. The maximum atomic E-state index is 12.7. The molecule has 0 fully saturated rings. The van der Waals surface area contributed by atoms with Crippen LogP contribution in [0.1, 0.15) is 58.8 Å². The highest BCUT2D eigenvalue weighted by molar-refractivity contribution is 7.09. The zero-order valence-corrected chi connectivity index (χ0v) is 21.9. The molecule has 0 aliphatic rings. The molecular weight excluding hydrogens is 472 g/mol. The first-order valence-corrected chi connectivity index (χ1v) is 12.8. The molecule has 5 atom stereocenters. The molecule has 198 valence electrons. The van der Waals surface area contributed by atoms with E-state index in [1.807, 2.05) is 17.5 Å². The second-order valence-electron chi connectivity index (χ2n) is 9.49. The van der Waals surface area contributed by atoms with Crippen molar-refractivity contribution in [2.45, 2.75) is 90.6 Å². The van der Waals surface area contributed by atoms with Gasteiger partial charge in [0.1, 0.15) is 12.1 Å². The molecule has 0 aliphatic carbocycles. The molecule has 0 aliphatic heterocycles. The van der Waals surface area contributed by atoms with E-state index < -0.39 is 48.1 Å². The summed E-state index contributed by atoms with van der Waals surface area (Å²) in [6, 6.07) is 0.584. The SMILES string of the molecule is CC(C)[C@H](NC(=O)[C@@H](NC(=O)CCC(O)C(CCc1cccs1)NC(=O)[C@H](C)N)C(C)C)C(=O)O. The van der Waals surface area contributed by atoms with Crippen LogP contribution in [0.4, 0.5) is 0 Å². The number of nitrogens with two attached hydrogens (primary N) is 1. The van der Waals surface area contributed by atoms with Gasteiger partial charge in [-0.05, 0) is 49.5 Å². The van der Waals surface area contributed by atoms with Crippen molar-refractivity contribution >= 4 is 35.0 Å². The summed E-state index contributed by atoms with van der Waals surface area (Å²) >= 11 is 1.58. The normalized spacial score (nSPS) is 15.7. The summed E-state index contributed by atoms with van der Waals surface area (Å²) in [5.74, 6) is -3.17. The molecule has 11 heteroatoms. The molecule has 0 saturated carbocycles. The van der Waals surface area contributed by atoms with Crippen LogP contribution >= 0.6 is 11.3 Å². The Kier molecular flexibility index (Phi) is 12.9. The van der Waals surface area contributed by atoms with Gasteiger partial charge in [0.05, 0.1) is 18.2 Å². The van der Waals surface area contributed by atoms with E-state index in [1.165, 1.54) is 0 Å². The first kappa shape index (κ1) is 30.5. The number of carboxylic acid groups (broad SMARTS) is 1. The summed E-state index contributed by atoms with van der Waals surface area (Å²) in [4.78, 5) is 49.9. The summed E-state index contributed by atoms with van der Waals surface area (Å²) in [6.45, 7) is 8.41. The molecule has 0 radical (unpaired) electrons. The number of hydrogen-bond donors (Lipinski definition) is 6. The average Bonchev–Trinajstić information content (AvgIpc) is 3.29. The van der Waals surface area contributed by atoms with Crippen LogP contribution in [0.2, 0.25) is 0 Å². The zero-order valence-electron chi connectivity index (χ0n) is 21.1. The van der Waals surface area contributed by atoms with Crippen molar-refractivity contribution in [2.75, 3.05) is 0 Å². The van der Waals surface area contributed by atoms with E-state index in [0.717, 1.165) is 4.88 Å². The van der Waals surface area contributed by atoms with E-state index >= 15 is 0 Å². The van der Waals surface area contributed by atoms with Gasteiger partial charge in [0.25, 0.3) is 0 Å². The van der Waals surface area contributed by atoms with Crippen LogP contribution in [0.15, 0.2) is 17.5 Å². The van der Waals surface area contributed by atoms with Crippen LogP contribution in [0.25, 0.3) is 0 Å². The molecule has 3 amide bonds. The van der Waals surface area contributed by atoms with Crippen molar-refractivity contribution in [1.29, 1.82) is 0 Å². The lowest BCUT2D eigenvalue weighted by atomic mass is 9.98. The number of thiophene rings is 1. The van der Waals surface area contributed by atoms with Crippen molar-refractivity contribution < 1.29 is 29.4 Å². The Morgan fingerprint density at radius 2 is 1.57 bits per heavy atom. The predicted molar refractivity (Wildman–Crippen MR) is 135 cm³/mol. The number of aliphatic hydroxyl groups is 1. The Morgan fingerprint density at radius 1 is 0.943 bits per heavy atom. The highest BCUT2D eigenvalue weighted by atomic mass is 32.1. The van der Waals surface area contributed by atoms with Crippen LogP contribution in [-0.4, -0.2) is 64.2 Å². The zero-order chi connectivity index (χ0) is 26.7. The van der Waals surface area contributed by atoms with Crippen LogP contribution < -0.4 is 21.7 Å². The van der Waals surface area contributed by atoms with Gasteiger partial charge in [0.2, 0.25) is 17.7 Å². The van der Waals surface area contributed by atoms with Crippen molar-refractivity contribution in [1.82, 2.24) is 16.0 Å². The van der Waals surface area contributed by atoms with E-state index in [1.54, 1.807) is 46.0 Å². The van der Waals surface area contributed by atoms with Crippen LogP contribution in [0.3, 0.4) is 0 Å². The predicted octanol–water partition coefficient (Wildman–Crippen LogP) is 1.02. The lowest BCUT2D eigenvalue weighted by molar-refractivity contribution is -0.143. The monoisotopic (exact) mass is 512 g/mol. The van der Waals surface area contributed by atoms with Gasteiger partial charge in [-0.1, -0.05) is 33.8 Å². The van der Waals surface area contributed by atoms with E-state index in [9.17, 15) is 29.4 Å². The quantitative estimate of drug-likeness (QED) is 0.204. The first-order chi connectivity index (χ1) is 16.3. The van der Waals surface area contributed by atoms with Gasteiger partial charge < -0.3 is 31.9 Å². The average molecular weight is 513 g/mol. The van der Waals surface area contributed by atoms with Gasteiger partial charge in [0, 0.05) is 11.3 Å². The van der Waals surface area contributed by atoms with Crippen molar-refractivity contribution in [3.8, 4) is 0 Å². The minimum atomic E-state index is -1.15. The van der Waals surface area contributed by atoms with Gasteiger partial charge in [-0.25, -0.2) is 4.79 Å². The minimum Gasteiger partial charge on any atom is -0.480 e. The van der Waals surface area contributed by atoms with Crippen molar-refractivity contribution in [3.05, 3.63) is 22.4 Å². The Hall–Kier alpha value is -2.50. The fourth-order valence-electron chi connectivity index (χ4n) is 3.44. The third-order valence-corrected chi connectivity index (χ3v) is 6.59. The third kappa shape index (κ3) is 10.7. The Bertz CT molecular complexity index is 828. The van der Waals surface area contributed by atoms with Crippen molar-refractivity contribution in [3.63, 3.8) is 0 Å². The van der Waals surface area contributed by atoms with Gasteiger partial charge in [0.15, 0.2) is 0 Å². The second-order valence-corrected chi connectivity index (χ2v) is 10.5. The highest BCUT2D eigenvalue weighted by Gasteiger charge is 2.30. The molecule has 1 aromatic heterocycles. The number of carbonyl (C=O) groups excluding carboxylic acids is 3. The van der Waals surface area contributed by atoms with Crippen LogP contribution in [0.5, 0.6) is 0 Å². The van der Waals surface area contributed by atoms with Crippen molar-refractivity contribution in [2.24, 2.45) is 17.6 Å². The number of hydrogen-bond acceptors (Lipinski definition) is 7. The van der Waals surface area contributed by atoms with Gasteiger partial charge >= 0.3 is 5.97 Å². The van der Waals surface area contributed by atoms with Gasteiger partial charge in [-0.2, -0.15) is 0 Å². The first-order valence-electron chi connectivity index (χ1n) is 11.9. The van der Waals surface area contributed by atoms with Gasteiger partial charge in [-0.3, -0.25) is 14.4 Å². The number of rotatable bonds is 15. The molecule has 1 heterocycles. The molecular formula is C24H40N4O6S. The molecule has 1 aromatic rings. The summed E-state index contributed by atoms with van der Waals surface area (Å²) in [5.41, 5.74) is 5.65. The Balaban J connectivity index is 2.74. The Labute approximate surface area is 211 Å². The van der Waals surface area contributed by atoms with E-state index in [2.05, 4.69) is 16.0 Å². The smallest absolute Gasteiger partial charge is 0.326 e. The number of carboxylic acids is 1. The number of nitrogens with one attached hydrogen (secondary N) is 3. The molecule has 0 aromatic carbocycles. The molecule has 1 rings (SSSR count).